The lowest BCUT2D eigenvalue weighted by Crippen LogP contribution is -2.34. The highest BCUT2D eigenvalue weighted by molar-refractivity contribution is 4.89. The van der Waals surface area contributed by atoms with E-state index in [1.165, 1.54) is 32.1 Å². The molecular formula is C15H29NO2. The largest absolute Gasteiger partial charge is 0.389 e. The maximum atomic E-state index is 9.71. The molecule has 3 nitrogen and oxygen atoms in total. The van der Waals surface area contributed by atoms with Crippen LogP contribution in [0, 0.1) is 17.8 Å². The predicted octanol–water partition coefficient (Wildman–Crippen LogP) is 2.19. The van der Waals surface area contributed by atoms with E-state index >= 15 is 0 Å². The van der Waals surface area contributed by atoms with Gasteiger partial charge in [-0.05, 0) is 43.4 Å². The molecule has 2 aliphatic carbocycles. The fraction of sp³-hybridized carbons (Fsp3) is 1.00. The van der Waals surface area contributed by atoms with Crippen LogP contribution < -0.4 is 5.32 Å². The highest BCUT2D eigenvalue weighted by atomic mass is 16.5. The lowest BCUT2D eigenvalue weighted by Gasteiger charge is -2.21. The van der Waals surface area contributed by atoms with Crippen LogP contribution in [-0.2, 0) is 4.74 Å². The Kier molecular flexibility index (Phi) is 5.46. The molecule has 0 aliphatic heterocycles. The van der Waals surface area contributed by atoms with Gasteiger partial charge in [0.05, 0.1) is 12.7 Å². The van der Waals surface area contributed by atoms with Crippen molar-refractivity contribution in [1.82, 2.24) is 5.32 Å². The predicted molar refractivity (Wildman–Crippen MR) is 73.5 cm³/mol. The normalized spacial score (nSPS) is 32.3. The average molecular weight is 255 g/mol. The maximum absolute atomic E-state index is 9.71. The van der Waals surface area contributed by atoms with E-state index in [0.717, 1.165) is 24.4 Å². The lowest BCUT2D eigenvalue weighted by atomic mass is 9.87. The Morgan fingerprint density at radius 2 is 2.11 bits per heavy atom. The van der Waals surface area contributed by atoms with Gasteiger partial charge in [0.25, 0.3) is 0 Å². The van der Waals surface area contributed by atoms with Gasteiger partial charge in [-0.1, -0.05) is 20.3 Å². The van der Waals surface area contributed by atoms with Gasteiger partial charge in [-0.3, -0.25) is 0 Å². The first kappa shape index (κ1) is 14.3. The Balaban J connectivity index is 1.48. The summed E-state index contributed by atoms with van der Waals surface area (Å²) >= 11 is 0. The minimum atomic E-state index is -0.368. The summed E-state index contributed by atoms with van der Waals surface area (Å²) < 4.78 is 5.61. The quantitative estimate of drug-likeness (QED) is 0.653. The molecule has 0 radical (unpaired) electrons. The zero-order valence-corrected chi connectivity index (χ0v) is 11.9. The third-order valence-electron chi connectivity index (χ3n) is 4.59. The van der Waals surface area contributed by atoms with Crippen LogP contribution in [0.15, 0.2) is 0 Å². The number of aliphatic hydroxyl groups is 1. The molecule has 0 aromatic rings. The second-order valence-electron chi connectivity index (χ2n) is 6.52. The number of ether oxygens (including phenoxy) is 1. The molecular weight excluding hydrogens is 226 g/mol. The fourth-order valence-corrected chi connectivity index (χ4v) is 3.61. The van der Waals surface area contributed by atoms with E-state index in [2.05, 4.69) is 19.2 Å². The molecule has 0 aromatic heterocycles. The third-order valence-corrected chi connectivity index (χ3v) is 4.59. The lowest BCUT2D eigenvalue weighted by molar-refractivity contribution is 0.0283. The van der Waals surface area contributed by atoms with Gasteiger partial charge < -0.3 is 15.2 Å². The third kappa shape index (κ3) is 4.22. The van der Waals surface area contributed by atoms with Crippen molar-refractivity contribution < 1.29 is 9.84 Å². The van der Waals surface area contributed by atoms with Crippen LogP contribution in [0.25, 0.3) is 0 Å². The van der Waals surface area contributed by atoms with Crippen LogP contribution in [0.2, 0.25) is 0 Å². The molecule has 106 valence electrons. The summed E-state index contributed by atoms with van der Waals surface area (Å²) in [6.07, 6.45) is 6.67. The van der Waals surface area contributed by atoms with Gasteiger partial charge in [-0.25, -0.2) is 0 Å². The fourth-order valence-electron chi connectivity index (χ4n) is 3.61. The van der Waals surface area contributed by atoms with Gasteiger partial charge in [0.1, 0.15) is 0 Å². The van der Waals surface area contributed by atoms with Gasteiger partial charge in [-0.15, -0.1) is 0 Å². The maximum Gasteiger partial charge on any atom is 0.0897 e. The van der Waals surface area contributed by atoms with E-state index in [9.17, 15) is 5.11 Å². The molecule has 0 heterocycles. The monoisotopic (exact) mass is 255 g/mol. The first-order valence-corrected chi connectivity index (χ1v) is 7.64. The molecule has 2 aliphatic rings. The van der Waals surface area contributed by atoms with Gasteiger partial charge in [0, 0.05) is 19.2 Å². The van der Waals surface area contributed by atoms with Crippen LogP contribution in [0.3, 0.4) is 0 Å². The molecule has 2 saturated carbocycles. The van der Waals surface area contributed by atoms with Crippen molar-refractivity contribution in [3.05, 3.63) is 0 Å². The van der Waals surface area contributed by atoms with Crippen molar-refractivity contribution in [1.29, 1.82) is 0 Å². The Labute approximate surface area is 111 Å². The van der Waals surface area contributed by atoms with Crippen LogP contribution in [0.5, 0.6) is 0 Å². The summed E-state index contributed by atoms with van der Waals surface area (Å²) in [6, 6.07) is 0.425. The second kappa shape index (κ2) is 6.88. The van der Waals surface area contributed by atoms with Gasteiger partial charge in [0.2, 0.25) is 0 Å². The minimum Gasteiger partial charge on any atom is -0.389 e. The number of fused-ring (bicyclic) bond motifs is 2. The topological polar surface area (TPSA) is 41.5 Å². The molecule has 3 heteroatoms. The van der Waals surface area contributed by atoms with Crippen molar-refractivity contribution in [2.24, 2.45) is 17.8 Å². The van der Waals surface area contributed by atoms with Crippen molar-refractivity contribution >= 4 is 0 Å². The molecule has 4 atom stereocenters. The highest BCUT2D eigenvalue weighted by Crippen LogP contribution is 2.49. The summed E-state index contributed by atoms with van der Waals surface area (Å²) in [6.45, 7) is 6.10. The number of hydrogen-bond acceptors (Lipinski definition) is 3. The second-order valence-corrected chi connectivity index (χ2v) is 6.52. The molecule has 0 aromatic carbocycles. The number of nitrogens with one attached hydrogen (secondary N) is 1. The summed E-state index contributed by atoms with van der Waals surface area (Å²) in [5, 5.41) is 12.9. The summed E-state index contributed by atoms with van der Waals surface area (Å²) in [4.78, 5) is 0. The smallest absolute Gasteiger partial charge is 0.0897 e. The zero-order valence-electron chi connectivity index (χ0n) is 11.9. The first-order valence-electron chi connectivity index (χ1n) is 7.64. The number of rotatable bonds is 8. The first-order chi connectivity index (χ1) is 8.65. The SMILES string of the molecule is CC(C)NC[C@H](O)COCC[C@H]1C[C@H]2CC[C@H]1C2. The van der Waals surface area contributed by atoms with Gasteiger partial charge in [-0.2, -0.15) is 0 Å². The Morgan fingerprint density at radius 3 is 2.72 bits per heavy atom. The zero-order chi connectivity index (χ0) is 13.0. The Bertz CT molecular complexity index is 245. The van der Waals surface area contributed by atoms with Crippen LogP contribution in [0.1, 0.15) is 46.0 Å². The molecule has 2 rings (SSSR count). The van der Waals surface area contributed by atoms with Crippen LogP contribution in [0.4, 0.5) is 0 Å². The standard InChI is InChI=1S/C15H29NO2/c1-11(2)16-9-15(17)10-18-6-5-14-8-12-3-4-13(14)7-12/h11-17H,3-10H2,1-2H3/t12-,13-,14-,15-/m0/s1. The molecule has 0 amide bonds. The Hall–Kier alpha value is -0.120. The molecule has 0 unspecified atom stereocenters. The van der Waals surface area contributed by atoms with E-state index in [1.807, 2.05) is 0 Å². The van der Waals surface area contributed by atoms with E-state index in [-0.39, 0.29) is 6.10 Å². The number of hydrogen-bond donors (Lipinski definition) is 2. The molecule has 2 bridgehead atoms. The summed E-state index contributed by atoms with van der Waals surface area (Å²) in [7, 11) is 0. The summed E-state index contributed by atoms with van der Waals surface area (Å²) in [5.74, 6) is 2.93. The van der Waals surface area contributed by atoms with E-state index < -0.39 is 0 Å². The van der Waals surface area contributed by atoms with Gasteiger partial charge >= 0.3 is 0 Å². The highest BCUT2D eigenvalue weighted by Gasteiger charge is 2.38. The summed E-state index contributed by atoms with van der Waals surface area (Å²) in [5.41, 5.74) is 0. The van der Waals surface area contributed by atoms with E-state index in [4.69, 9.17) is 4.74 Å². The van der Waals surface area contributed by atoms with Gasteiger partial charge in [0.15, 0.2) is 0 Å². The molecule has 0 saturated heterocycles. The molecule has 2 N–H and O–H groups in total. The van der Waals surface area contributed by atoms with Crippen LogP contribution in [-0.4, -0.2) is 37.0 Å². The van der Waals surface area contributed by atoms with E-state index in [1.54, 1.807) is 0 Å². The van der Waals surface area contributed by atoms with Crippen molar-refractivity contribution in [3.63, 3.8) is 0 Å². The number of aliphatic hydroxyl groups excluding tert-OH is 1. The molecule has 2 fully saturated rings. The molecule has 18 heavy (non-hydrogen) atoms. The van der Waals surface area contributed by atoms with Crippen molar-refractivity contribution in [3.8, 4) is 0 Å². The van der Waals surface area contributed by atoms with Crippen molar-refractivity contribution in [2.45, 2.75) is 58.1 Å². The van der Waals surface area contributed by atoms with E-state index in [0.29, 0.717) is 19.2 Å². The molecule has 0 spiro atoms. The van der Waals surface area contributed by atoms with Crippen LogP contribution >= 0.6 is 0 Å². The average Bonchev–Trinajstić information content (AvgIpc) is 2.94. The van der Waals surface area contributed by atoms with Crippen molar-refractivity contribution in [2.75, 3.05) is 19.8 Å². The Morgan fingerprint density at radius 1 is 1.28 bits per heavy atom. The minimum absolute atomic E-state index is 0.368.